The van der Waals surface area contributed by atoms with E-state index < -0.39 is 11.8 Å². The molecule has 0 unspecified atom stereocenters. The maximum atomic E-state index is 12.1. The number of aromatic nitrogens is 4. The molecular formula is C16H15N5O3S. The van der Waals surface area contributed by atoms with Crippen LogP contribution in [0.1, 0.15) is 10.4 Å². The van der Waals surface area contributed by atoms with Crippen LogP contribution in [-0.2, 0) is 11.8 Å². The van der Waals surface area contributed by atoms with Crippen LogP contribution < -0.4 is 10.1 Å². The van der Waals surface area contributed by atoms with E-state index in [-0.39, 0.29) is 5.75 Å². The van der Waals surface area contributed by atoms with Gasteiger partial charge >= 0.3 is 0 Å². The Kier molecular flexibility index (Phi) is 4.94. The zero-order valence-electron chi connectivity index (χ0n) is 13.6. The Balaban J connectivity index is 1.61. The van der Waals surface area contributed by atoms with Gasteiger partial charge in [0.1, 0.15) is 17.1 Å². The van der Waals surface area contributed by atoms with Gasteiger partial charge in [-0.15, -0.1) is 0 Å². The monoisotopic (exact) mass is 357 g/mol. The number of rotatable bonds is 5. The normalized spacial score (nSPS) is 10.6. The van der Waals surface area contributed by atoms with Gasteiger partial charge < -0.3 is 4.74 Å². The second kappa shape index (κ2) is 7.31. The molecule has 2 aromatic heterocycles. The summed E-state index contributed by atoms with van der Waals surface area (Å²) in [5, 5.41) is 7.89. The van der Waals surface area contributed by atoms with Crippen molar-refractivity contribution in [1.82, 2.24) is 25.1 Å². The molecule has 0 saturated carbocycles. The number of hydrogen-bond acceptors (Lipinski definition) is 7. The minimum Gasteiger partial charge on any atom is -0.497 e. The van der Waals surface area contributed by atoms with Crippen molar-refractivity contribution in [2.45, 2.75) is 5.03 Å². The van der Waals surface area contributed by atoms with Gasteiger partial charge in [0, 0.05) is 12.6 Å². The largest absolute Gasteiger partial charge is 0.497 e. The topological polar surface area (TPSA) is 99.0 Å². The summed E-state index contributed by atoms with van der Waals surface area (Å²) in [7, 11) is 3.33. The van der Waals surface area contributed by atoms with E-state index in [2.05, 4.69) is 20.4 Å². The summed E-state index contributed by atoms with van der Waals surface area (Å²) in [6.07, 6.45) is 3.07. The number of amides is 2. The fourth-order valence-electron chi connectivity index (χ4n) is 2.17. The predicted octanol–water partition coefficient (Wildman–Crippen LogP) is 1.42. The van der Waals surface area contributed by atoms with Crippen LogP contribution >= 0.6 is 11.8 Å². The second-order valence-corrected chi connectivity index (χ2v) is 6.04. The quantitative estimate of drug-likeness (QED) is 0.544. The lowest BCUT2D eigenvalue weighted by molar-refractivity contribution is -0.117. The summed E-state index contributed by atoms with van der Waals surface area (Å²) < 4.78 is 6.67. The third-order valence-corrected chi connectivity index (χ3v) is 4.44. The van der Waals surface area contributed by atoms with Gasteiger partial charge in [0.25, 0.3) is 5.91 Å². The molecule has 3 rings (SSSR count). The molecule has 25 heavy (non-hydrogen) atoms. The van der Waals surface area contributed by atoms with Gasteiger partial charge in [-0.2, -0.15) is 5.10 Å². The maximum Gasteiger partial charge on any atom is 0.257 e. The number of imide groups is 1. The molecular weight excluding hydrogens is 342 g/mol. The molecule has 0 radical (unpaired) electrons. The third-order valence-electron chi connectivity index (χ3n) is 3.44. The SMILES string of the molecule is COc1ccc(C(=O)NC(=O)CSc2ncnc3c2cnn3C)cc1. The number of nitrogens with zero attached hydrogens (tertiary/aromatic N) is 4. The highest BCUT2D eigenvalue weighted by Gasteiger charge is 2.13. The first-order valence-corrected chi connectivity index (χ1v) is 8.31. The summed E-state index contributed by atoms with van der Waals surface area (Å²) in [4.78, 5) is 32.4. The van der Waals surface area contributed by atoms with Crippen LogP contribution in [0, 0.1) is 0 Å². The fraction of sp³-hybridized carbons (Fsp3) is 0.188. The number of aryl methyl sites for hydroxylation is 1. The number of hydrogen-bond donors (Lipinski definition) is 1. The van der Waals surface area contributed by atoms with E-state index in [1.807, 2.05) is 0 Å². The van der Waals surface area contributed by atoms with Gasteiger partial charge in [-0.25, -0.2) is 9.97 Å². The van der Waals surface area contributed by atoms with Crippen LogP contribution in [-0.4, -0.2) is 44.4 Å². The van der Waals surface area contributed by atoms with Crippen molar-refractivity contribution in [2.75, 3.05) is 12.9 Å². The minimum atomic E-state index is -0.456. The number of carbonyl (C=O) groups is 2. The Morgan fingerprint density at radius 2 is 2.00 bits per heavy atom. The molecule has 0 spiro atoms. The fourth-order valence-corrected chi connectivity index (χ4v) is 2.93. The van der Waals surface area contributed by atoms with Gasteiger partial charge in [0.15, 0.2) is 5.65 Å². The summed E-state index contributed by atoms with van der Waals surface area (Å²) in [6, 6.07) is 6.51. The number of ether oxygens (including phenoxy) is 1. The Morgan fingerprint density at radius 3 is 2.72 bits per heavy atom. The molecule has 0 aliphatic heterocycles. The van der Waals surface area contributed by atoms with Crippen molar-refractivity contribution in [3.8, 4) is 5.75 Å². The van der Waals surface area contributed by atoms with Gasteiger partial charge in [-0.1, -0.05) is 11.8 Å². The number of methoxy groups -OCH3 is 1. The lowest BCUT2D eigenvalue weighted by atomic mass is 10.2. The highest BCUT2D eigenvalue weighted by Crippen LogP contribution is 2.23. The molecule has 0 fully saturated rings. The average Bonchev–Trinajstić information content (AvgIpc) is 3.02. The minimum absolute atomic E-state index is 0.0584. The Bertz CT molecular complexity index is 923. The van der Waals surface area contributed by atoms with Crippen LogP contribution in [0.3, 0.4) is 0 Å². The molecule has 8 nitrogen and oxygen atoms in total. The first kappa shape index (κ1) is 16.9. The number of carbonyl (C=O) groups excluding carboxylic acids is 2. The average molecular weight is 357 g/mol. The van der Waals surface area contributed by atoms with Crippen molar-refractivity contribution in [3.63, 3.8) is 0 Å². The van der Waals surface area contributed by atoms with Crippen LogP contribution in [0.4, 0.5) is 0 Å². The van der Waals surface area contributed by atoms with Gasteiger partial charge in [-0.05, 0) is 24.3 Å². The van der Waals surface area contributed by atoms with Crippen molar-refractivity contribution in [2.24, 2.45) is 7.05 Å². The first-order chi connectivity index (χ1) is 12.1. The Labute approximate surface area is 147 Å². The first-order valence-electron chi connectivity index (χ1n) is 7.32. The van der Waals surface area contributed by atoms with Crippen molar-refractivity contribution < 1.29 is 14.3 Å². The zero-order chi connectivity index (χ0) is 17.8. The van der Waals surface area contributed by atoms with E-state index in [0.717, 1.165) is 5.39 Å². The van der Waals surface area contributed by atoms with Crippen LogP contribution in [0.25, 0.3) is 11.0 Å². The van der Waals surface area contributed by atoms with Crippen LogP contribution in [0.5, 0.6) is 5.75 Å². The molecule has 2 heterocycles. The molecule has 9 heteroatoms. The van der Waals surface area contributed by atoms with Crippen molar-refractivity contribution in [3.05, 3.63) is 42.4 Å². The zero-order valence-corrected chi connectivity index (χ0v) is 14.4. The van der Waals surface area contributed by atoms with Gasteiger partial charge in [-0.3, -0.25) is 19.6 Å². The highest BCUT2D eigenvalue weighted by molar-refractivity contribution is 8.00. The third kappa shape index (κ3) is 3.77. The molecule has 0 saturated heterocycles. The summed E-state index contributed by atoms with van der Waals surface area (Å²) in [5.74, 6) is -0.158. The molecule has 0 bridgehead atoms. The van der Waals surface area contributed by atoms with Crippen LogP contribution in [0.15, 0.2) is 41.8 Å². The van der Waals surface area contributed by atoms with Gasteiger partial charge in [0.05, 0.1) is 24.4 Å². The Morgan fingerprint density at radius 1 is 1.24 bits per heavy atom. The second-order valence-electron chi connectivity index (χ2n) is 5.08. The molecule has 1 N–H and O–H groups in total. The van der Waals surface area contributed by atoms with E-state index in [0.29, 0.717) is 22.0 Å². The summed E-state index contributed by atoms with van der Waals surface area (Å²) in [6.45, 7) is 0. The Hall–Kier alpha value is -2.94. The van der Waals surface area contributed by atoms with Crippen molar-refractivity contribution >= 4 is 34.6 Å². The van der Waals surface area contributed by atoms with E-state index in [4.69, 9.17) is 4.74 Å². The number of fused-ring (bicyclic) bond motifs is 1. The molecule has 0 atom stereocenters. The van der Waals surface area contributed by atoms with E-state index in [9.17, 15) is 9.59 Å². The molecule has 1 aromatic carbocycles. The summed E-state index contributed by atoms with van der Waals surface area (Å²) in [5.41, 5.74) is 1.07. The standard InChI is InChI=1S/C16H15N5O3S/c1-21-14-12(7-19-21)16(18-9-17-14)25-8-13(22)20-15(23)10-3-5-11(24-2)6-4-10/h3-7,9H,8H2,1-2H3,(H,20,22,23). The number of thioether (sulfide) groups is 1. The van der Waals surface area contributed by atoms with E-state index in [1.165, 1.54) is 18.1 Å². The van der Waals surface area contributed by atoms with Crippen molar-refractivity contribution in [1.29, 1.82) is 0 Å². The molecule has 128 valence electrons. The smallest absolute Gasteiger partial charge is 0.257 e. The molecule has 2 amide bonds. The molecule has 3 aromatic rings. The van der Waals surface area contributed by atoms with E-state index >= 15 is 0 Å². The number of nitrogens with one attached hydrogen (secondary N) is 1. The van der Waals surface area contributed by atoms with E-state index in [1.54, 1.807) is 49.3 Å². The lowest BCUT2D eigenvalue weighted by Gasteiger charge is -2.05. The predicted molar refractivity (Wildman–Crippen MR) is 92.5 cm³/mol. The molecule has 0 aliphatic carbocycles. The highest BCUT2D eigenvalue weighted by atomic mass is 32.2. The maximum absolute atomic E-state index is 12.1. The lowest BCUT2D eigenvalue weighted by Crippen LogP contribution is -2.31. The summed E-state index contributed by atoms with van der Waals surface area (Å²) >= 11 is 1.23. The molecule has 0 aliphatic rings. The van der Waals surface area contributed by atoms with Crippen LogP contribution in [0.2, 0.25) is 0 Å². The van der Waals surface area contributed by atoms with Gasteiger partial charge in [0.2, 0.25) is 5.91 Å². The number of benzene rings is 1.